The van der Waals surface area contributed by atoms with E-state index >= 15 is 0 Å². The lowest BCUT2D eigenvalue weighted by Gasteiger charge is -2.23. The second kappa shape index (κ2) is 4.41. The van der Waals surface area contributed by atoms with Gasteiger partial charge in [0, 0.05) is 24.3 Å². The first-order chi connectivity index (χ1) is 8.34. The van der Waals surface area contributed by atoms with Crippen LogP contribution in [0.15, 0.2) is 24.0 Å². The van der Waals surface area contributed by atoms with Gasteiger partial charge in [0.15, 0.2) is 0 Å². The van der Waals surface area contributed by atoms with E-state index in [1.807, 2.05) is 6.20 Å². The third kappa shape index (κ3) is 2.02. The van der Waals surface area contributed by atoms with Crippen LogP contribution in [0.2, 0.25) is 0 Å². The van der Waals surface area contributed by atoms with Crippen LogP contribution >= 0.6 is 11.3 Å². The lowest BCUT2D eigenvalue weighted by atomic mass is 10.2. The number of anilines is 1. The van der Waals surface area contributed by atoms with Gasteiger partial charge >= 0.3 is 0 Å². The third-order valence-electron chi connectivity index (χ3n) is 3.07. The number of aromatic nitrogens is 3. The zero-order chi connectivity index (χ0) is 11.7. The second-order valence-corrected chi connectivity index (χ2v) is 5.27. The van der Waals surface area contributed by atoms with E-state index in [1.54, 1.807) is 23.7 Å². The van der Waals surface area contributed by atoms with Crippen molar-refractivity contribution in [3.8, 4) is 0 Å². The van der Waals surface area contributed by atoms with Crippen molar-refractivity contribution in [1.82, 2.24) is 15.0 Å². The van der Waals surface area contributed by atoms with E-state index in [4.69, 9.17) is 0 Å². The molecule has 88 valence electrons. The lowest BCUT2D eigenvalue weighted by molar-refractivity contribution is 0.690. The van der Waals surface area contributed by atoms with Crippen LogP contribution in [0, 0.1) is 6.92 Å². The quantitative estimate of drug-likeness (QED) is 0.816. The molecule has 0 aliphatic carbocycles. The van der Waals surface area contributed by atoms with E-state index in [1.165, 1.54) is 12.1 Å². The zero-order valence-corrected chi connectivity index (χ0v) is 10.5. The molecule has 1 aliphatic heterocycles. The summed E-state index contributed by atoms with van der Waals surface area (Å²) in [5, 5.41) is 3.29. The van der Waals surface area contributed by atoms with Crippen molar-refractivity contribution in [2.75, 3.05) is 11.4 Å². The maximum atomic E-state index is 4.60. The Morgan fingerprint density at radius 2 is 2.35 bits per heavy atom. The molecule has 1 aliphatic rings. The van der Waals surface area contributed by atoms with Gasteiger partial charge in [0.1, 0.15) is 5.82 Å². The molecule has 0 aromatic carbocycles. The van der Waals surface area contributed by atoms with Crippen LogP contribution in [-0.2, 0) is 0 Å². The van der Waals surface area contributed by atoms with E-state index in [2.05, 4.69) is 32.2 Å². The van der Waals surface area contributed by atoms with Crippen LogP contribution in [0.4, 0.5) is 5.82 Å². The molecular formula is C12H14N4S. The summed E-state index contributed by atoms with van der Waals surface area (Å²) in [6.07, 6.45) is 7.63. The van der Waals surface area contributed by atoms with Crippen LogP contribution < -0.4 is 4.90 Å². The molecule has 1 unspecified atom stereocenters. The summed E-state index contributed by atoms with van der Waals surface area (Å²) in [7, 11) is 0. The topological polar surface area (TPSA) is 41.9 Å². The van der Waals surface area contributed by atoms with Gasteiger partial charge in [0.2, 0.25) is 0 Å². The SMILES string of the molecule is Cc1nc(C2CCCN2c2cnccn2)cs1. The summed E-state index contributed by atoms with van der Waals surface area (Å²) in [4.78, 5) is 15.4. The highest BCUT2D eigenvalue weighted by Crippen LogP contribution is 2.34. The third-order valence-corrected chi connectivity index (χ3v) is 3.87. The summed E-state index contributed by atoms with van der Waals surface area (Å²) in [5.41, 5.74) is 1.18. The number of nitrogens with zero attached hydrogens (tertiary/aromatic N) is 4. The van der Waals surface area contributed by atoms with E-state index in [0.717, 1.165) is 23.8 Å². The second-order valence-electron chi connectivity index (χ2n) is 4.21. The lowest BCUT2D eigenvalue weighted by Crippen LogP contribution is -2.23. The molecule has 17 heavy (non-hydrogen) atoms. The van der Waals surface area contributed by atoms with Crippen molar-refractivity contribution in [2.45, 2.75) is 25.8 Å². The molecule has 0 N–H and O–H groups in total. The van der Waals surface area contributed by atoms with Gasteiger partial charge in [-0.1, -0.05) is 0 Å². The van der Waals surface area contributed by atoms with Crippen LogP contribution in [0.3, 0.4) is 0 Å². The molecule has 0 bridgehead atoms. The summed E-state index contributed by atoms with van der Waals surface area (Å²) in [6, 6.07) is 0.372. The predicted octanol–water partition coefficient (Wildman–Crippen LogP) is 2.58. The maximum Gasteiger partial charge on any atom is 0.147 e. The van der Waals surface area contributed by atoms with Crippen LogP contribution in [0.1, 0.15) is 29.6 Å². The van der Waals surface area contributed by atoms with Gasteiger partial charge in [-0.25, -0.2) is 9.97 Å². The maximum absolute atomic E-state index is 4.60. The minimum Gasteiger partial charge on any atom is -0.347 e. The largest absolute Gasteiger partial charge is 0.347 e. The van der Waals surface area contributed by atoms with E-state index < -0.39 is 0 Å². The van der Waals surface area contributed by atoms with Crippen molar-refractivity contribution in [1.29, 1.82) is 0 Å². The number of hydrogen-bond donors (Lipinski definition) is 0. The Hall–Kier alpha value is -1.49. The molecule has 2 aromatic heterocycles. The summed E-state index contributed by atoms with van der Waals surface area (Å²) < 4.78 is 0. The van der Waals surface area contributed by atoms with Gasteiger partial charge in [-0.2, -0.15) is 0 Å². The monoisotopic (exact) mass is 246 g/mol. The van der Waals surface area contributed by atoms with Crippen molar-refractivity contribution in [2.24, 2.45) is 0 Å². The van der Waals surface area contributed by atoms with Gasteiger partial charge in [-0.05, 0) is 19.8 Å². The highest BCUT2D eigenvalue weighted by molar-refractivity contribution is 7.09. The fraction of sp³-hybridized carbons (Fsp3) is 0.417. The normalized spacial score (nSPS) is 19.8. The minimum absolute atomic E-state index is 0.372. The molecule has 5 heteroatoms. The Morgan fingerprint density at radius 1 is 1.41 bits per heavy atom. The fourth-order valence-corrected chi connectivity index (χ4v) is 2.98. The molecule has 3 rings (SSSR count). The van der Waals surface area contributed by atoms with Gasteiger partial charge in [0.05, 0.1) is 22.9 Å². The number of hydrogen-bond acceptors (Lipinski definition) is 5. The average molecular weight is 246 g/mol. The number of thiazole rings is 1. The molecular weight excluding hydrogens is 232 g/mol. The number of rotatable bonds is 2. The highest BCUT2D eigenvalue weighted by Gasteiger charge is 2.28. The minimum atomic E-state index is 0.372. The first kappa shape index (κ1) is 10.7. The van der Waals surface area contributed by atoms with Crippen molar-refractivity contribution in [3.05, 3.63) is 34.7 Å². The van der Waals surface area contributed by atoms with Crippen molar-refractivity contribution in [3.63, 3.8) is 0 Å². The highest BCUT2D eigenvalue weighted by atomic mass is 32.1. The fourth-order valence-electron chi connectivity index (χ4n) is 2.32. The van der Waals surface area contributed by atoms with Gasteiger partial charge < -0.3 is 4.90 Å². The van der Waals surface area contributed by atoms with Gasteiger partial charge in [0.25, 0.3) is 0 Å². The van der Waals surface area contributed by atoms with E-state index in [-0.39, 0.29) is 0 Å². The molecule has 1 saturated heterocycles. The Bertz CT molecular complexity index is 496. The molecule has 0 saturated carbocycles. The Labute approximate surface area is 104 Å². The molecule has 0 radical (unpaired) electrons. The molecule has 3 heterocycles. The first-order valence-corrected chi connectivity index (χ1v) is 6.67. The van der Waals surface area contributed by atoms with Crippen molar-refractivity contribution >= 4 is 17.2 Å². The van der Waals surface area contributed by atoms with Crippen molar-refractivity contribution < 1.29 is 0 Å². The molecule has 0 amide bonds. The number of aryl methyl sites for hydroxylation is 1. The zero-order valence-electron chi connectivity index (χ0n) is 9.71. The molecule has 1 atom stereocenters. The Morgan fingerprint density at radius 3 is 3.06 bits per heavy atom. The standard InChI is InChI=1S/C12H14N4S/c1-9-15-10(8-17-9)11-3-2-6-16(11)12-7-13-4-5-14-12/h4-5,7-8,11H,2-3,6H2,1H3. The summed E-state index contributed by atoms with van der Waals surface area (Å²) >= 11 is 1.71. The van der Waals surface area contributed by atoms with Crippen LogP contribution in [0.5, 0.6) is 0 Å². The van der Waals surface area contributed by atoms with Crippen LogP contribution in [-0.4, -0.2) is 21.5 Å². The smallest absolute Gasteiger partial charge is 0.147 e. The van der Waals surface area contributed by atoms with Gasteiger partial charge in [-0.3, -0.25) is 4.98 Å². The van der Waals surface area contributed by atoms with E-state index in [9.17, 15) is 0 Å². The van der Waals surface area contributed by atoms with Gasteiger partial charge in [-0.15, -0.1) is 11.3 Å². The molecule has 4 nitrogen and oxygen atoms in total. The van der Waals surface area contributed by atoms with E-state index in [0.29, 0.717) is 6.04 Å². The summed E-state index contributed by atoms with van der Waals surface area (Å²) in [5.74, 6) is 0.959. The Kier molecular flexibility index (Phi) is 2.76. The predicted molar refractivity (Wildman–Crippen MR) is 68.2 cm³/mol. The molecule has 1 fully saturated rings. The molecule has 0 spiro atoms. The average Bonchev–Trinajstić information content (AvgIpc) is 2.98. The van der Waals surface area contributed by atoms with Crippen LogP contribution in [0.25, 0.3) is 0 Å². The first-order valence-electron chi connectivity index (χ1n) is 5.79. The summed E-state index contributed by atoms with van der Waals surface area (Å²) in [6.45, 7) is 3.09. The Balaban J connectivity index is 1.90. The molecule has 2 aromatic rings.